The highest BCUT2D eigenvalue weighted by atomic mass is 32.2. The van der Waals surface area contributed by atoms with Gasteiger partial charge in [0.1, 0.15) is 6.07 Å². The van der Waals surface area contributed by atoms with Gasteiger partial charge in [-0.3, -0.25) is 0 Å². The number of rotatable bonds is 6. The first-order valence-electron chi connectivity index (χ1n) is 6.48. The van der Waals surface area contributed by atoms with Gasteiger partial charge in [-0.05, 0) is 30.2 Å². The van der Waals surface area contributed by atoms with E-state index >= 15 is 0 Å². The molecule has 1 aromatic rings. The van der Waals surface area contributed by atoms with Crippen molar-refractivity contribution in [1.82, 2.24) is 5.32 Å². The largest absolute Gasteiger partial charge is 0.313 e. The Hall–Kier alpha value is -0.980. The van der Waals surface area contributed by atoms with Crippen LogP contribution in [0.1, 0.15) is 38.8 Å². The molecular formula is C15H22N2S. The maximum Gasteiger partial charge on any atom is 0.100 e. The molecule has 1 rings (SSSR count). The Morgan fingerprint density at radius 1 is 1.33 bits per heavy atom. The van der Waals surface area contributed by atoms with E-state index in [1.54, 1.807) is 11.8 Å². The molecule has 0 bridgehead atoms. The van der Waals surface area contributed by atoms with E-state index in [1.165, 1.54) is 5.56 Å². The van der Waals surface area contributed by atoms with Gasteiger partial charge in [-0.25, -0.2) is 0 Å². The molecule has 0 aromatic heterocycles. The molecule has 1 N–H and O–H groups in total. The molecule has 0 aliphatic heterocycles. The van der Waals surface area contributed by atoms with Crippen LogP contribution in [0.15, 0.2) is 23.1 Å². The van der Waals surface area contributed by atoms with Gasteiger partial charge in [0, 0.05) is 16.7 Å². The van der Waals surface area contributed by atoms with E-state index in [-0.39, 0.29) is 0 Å². The van der Waals surface area contributed by atoms with Gasteiger partial charge in [0.05, 0.1) is 5.56 Å². The average molecular weight is 262 g/mol. The predicted octanol–water partition coefficient (Wildman–Crippen LogP) is 3.80. The second-order valence-electron chi connectivity index (χ2n) is 4.79. The van der Waals surface area contributed by atoms with Crippen molar-refractivity contribution in [3.05, 3.63) is 29.3 Å². The molecule has 0 saturated carbocycles. The molecule has 0 fully saturated rings. The quantitative estimate of drug-likeness (QED) is 0.792. The van der Waals surface area contributed by atoms with Crippen LogP contribution in [-0.4, -0.2) is 11.8 Å². The van der Waals surface area contributed by atoms with Crippen LogP contribution >= 0.6 is 11.8 Å². The van der Waals surface area contributed by atoms with Gasteiger partial charge in [0.15, 0.2) is 0 Å². The van der Waals surface area contributed by atoms with Crippen LogP contribution in [0.4, 0.5) is 0 Å². The van der Waals surface area contributed by atoms with Crippen LogP contribution < -0.4 is 5.32 Å². The molecule has 0 radical (unpaired) electrons. The molecule has 2 nitrogen and oxygen atoms in total. The Morgan fingerprint density at radius 3 is 2.61 bits per heavy atom. The molecule has 0 saturated heterocycles. The van der Waals surface area contributed by atoms with Gasteiger partial charge in [-0.2, -0.15) is 5.26 Å². The summed E-state index contributed by atoms with van der Waals surface area (Å²) in [4.78, 5) is 1.10. The fourth-order valence-corrected chi connectivity index (χ4v) is 2.53. The molecule has 0 aliphatic carbocycles. The molecule has 0 heterocycles. The summed E-state index contributed by atoms with van der Waals surface area (Å²) in [6, 6.07) is 8.49. The van der Waals surface area contributed by atoms with Crippen LogP contribution in [0.25, 0.3) is 0 Å². The molecule has 3 heteroatoms. The van der Waals surface area contributed by atoms with Crippen molar-refractivity contribution >= 4 is 11.8 Å². The van der Waals surface area contributed by atoms with Crippen LogP contribution in [0.5, 0.6) is 0 Å². The fourth-order valence-electron chi connectivity index (χ4n) is 1.48. The van der Waals surface area contributed by atoms with E-state index in [2.05, 4.69) is 51.2 Å². The summed E-state index contributed by atoms with van der Waals surface area (Å²) in [5.41, 5.74) is 1.97. The molecule has 0 aliphatic rings. The summed E-state index contributed by atoms with van der Waals surface area (Å²) in [5, 5.41) is 13.0. The maximum atomic E-state index is 9.24. The Kier molecular flexibility index (Phi) is 6.24. The van der Waals surface area contributed by atoms with Crippen LogP contribution in [0, 0.1) is 17.2 Å². The lowest BCUT2D eigenvalue weighted by molar-refractivity contribution is 0.642. The molecule has 0 amide bonds. The fraction of sp³-hybridized carbons (Fsp3) is 0.533. The Balaban J connectivity index is 2.84. The van der Waals surface area contributed by atoms with Crippen LogP contribution in [0.3, 0.4) is 0 Å². The normalized spacial score (nSPS) is 12.4. The zero-order valence-electron chi connectivity index (χ0n) is 11.7. The summed E-state index contributed by atoms with van der Waals surface area (Å²) in [6.07, 6.45) is 0. The standard InChI is InChI=1S/C15H22N2S/c1-5-17-10-13-6-7-15(14(8-13)9-16)18-12(4)11(2)3/h6-8,11-12,17H,5,10H2,1-4H3. The smallest absolute Gasteiger partial charge is 0.100 e. The van der Waals surface area contributed by atoms with E-state index < -0.39 is 0 Å². The van der Waals surface area contributed by atoms with E-state index in [4.69, 9.17) is 0 Å². The third-order valence-corrected chi connectivity index (χ3v) is 4.52. The second kappa shape index (κ2) is 7.45. The Labute approximate surface area is 115 Å². The highest BCUT2D eigenvalue weighted by molar-refractivity contribution is 8.00. The highest BCUT2D eigenvalue weighted by Crippen LogP contribution is 2.30. The number of nitriles is 1. The molecule has 1 aromatic carbocycles. The molecular weight excluding hydrogens is 240 g/mol. The third-order valence-electron chi connectivity index (χ3n) is 3.00. The van der Waals surface area contributed by atoms with Crippen molar-refractivity contribution in [2.24, 2.45) is 5.92 Å². The van der Waals surface area contributed by atoms with Crippen molar-refractivity contribution in [1.29, 1.82) is 5.26 Å². The van der Waals surface area contributed by atoms with Crippen molar-refractivity contribution in [2.75, 3.05) is 6.54 Å². The average Bonchev–Trinajstić information content (AvgIpc) is 2.37. The summed E-state index contributed by atoms with van der Waals surface area (Å²) in [7, 11) is 0. The number of hydrogen-bond donors (Lipinski definition) is 1. The number of thioether (sulfide) groups is 1. The monoisotopic (exact) mass is 262 g/mol. The maximum absolute atomic E-state index is 9.24. The first-order valence-corrected chi connectivity index (χ1v) is 7.36. The lowest BCUT2D eigenvalue weighted by Gasteiger charge is -2.16. The number of nitrogens with one attached hydrogen (secondary N) is 1. The van der Waals surface area contributed by atoms with Crippen LogP contribution in [-0.2, 0) is 6.54 Å². The number of nitrogens with zero attached hydrogens (tertiary/aromatic N) is 1. The van der Waals surface area contributed by atoms with Crippen LogP contribution in [0.2, 0.25) is 0 Å². The zero-order chi connectivity index (χ0) is 13.5. The third kappa shape index (κ3) is 4.36. The summed E-state index contributed by atoms with van der Waals surface area (Å²) in [5.74, 6) is 0.614. The Bertz CT molecular complexity index is 421. The minimum absolute atomic E-state index is 0.525. The van der Waals surface area contributed by atoms with Gasteiger partial charge in [0.2, 0.25) is 0 Å². The molecule has 1 unspecified atom stereocenters. The van der Waals surface area contributed by atoms with Gasteiger partial charge in [-0.15, -0.1) is 11.8 Å². The van der Waals surface area contributed by atoms with E-state index in [1.807, 2.05) is 6.07 Å². The first kappa shape index (κ1) is 15.1. The summed E-state index contributed by atoms with van der Waals surface area (Å²) >= 11 is 1.79. The predicted molar refractivity (Wildman–Crippen MR) is 78.7 cm³/mol. The lowest BCUT2D eigenvalue weighted by Crippen LogP contribution is -2.12. The number of hydrogen-bond acceptors (Lipinski definition) is 3. The summed E-state index contributed by atoms with van der Waals surface area (Å²) in [6.45, 7) is 10.5. The van der Waals surface area contributed by atoms with Crippen molar-refractivity contribution in [2.45, 2.75) is 44.4 Å². The Morgan fingerprint density at radius 2 is 2.06 bits per heavy atom. The molecule has 98 valence electrons. The lowest BCUT2D eigenvalue weighted by atomic mass is 10.1. The topological polar surface area (TPSA) is 35.8 Å². The molecule has 0 spiro atoms. The van der Waals surface area contributed by atoms with Gasteiger partial charge in [-0.1, -0.05) is 33.8 Å². The van der Waals surface area contributed by atoms with Crippen molar-refractivity contribution in [3.63, 3.8) is 0 Å². The highest BCUT2D eigenvalue weighted by Gasteiger charge is 2.12. The van der Waals surface area contributed by atoms with Crippen molar-refractivity contribution < 1.29 is 0 Å². The van der Waals surface area contributed by atoms with E-state index in [0.717, 1.165) is 23.5 Å². The summed E-state index contributed by atoms with van der Waals surface area (Å²) < 4.78 is 0. The zero-order valence-corrected chi connectivity index (χ0v) is 12.5. The SMILES string of the molecule is CCNCc1ccc(SC(C)C(C)C)c(C#N)c1. The van der Waals surface area contributed by atoms with Gasteiger partial charge in [0.25, 0.3) is 0 Å². The van der Waals surface area contributed by atoms with E-state index in [9.17, 15) is 5.26 Å². The number of benzene rings is 1. The first-order chi connectivity index (χ1) is 8.58. The molecule has 18 heavy (non-hydrogen) atoms. The minimum Gasteiger partial charge on any atom is -0.313 e. The van der Waals surface area contributed by atoms with Gasteiger partial charge >= 0.3 is 0 Å². The minimum atomic E-state index is 0.525. The van der Waals surface area contributed by atoms with E-state index in [0.29, 0.717) is 11.2 Å². The molecule has 1 atom stereocenters. The second-order valence-corrected chi connectivity index (χ2v) is 6.21. The van der Waals surface area contributed by atoms with Gasteiger partial charge < -0.3 is 5.32 Å². The van der Waals surface area contributed by atoms with Crippen molar-refractivity contribution in [3.8, 4) is 6.07 Å².